The summed E-state index contributed by atoms with van der Waals surface area (Å²) in [5, 5.41) is 11.4. The summed E-state index contributed by atoms with van der Waals surface area (Å²) in [7, 11) is 3.14. The topological polar surface area (TPSA) is 51.6 Å². The van der Waals surface area contributed by atoms with Gasteiger partial charge >= 0.3 is 0 Å². The van der Waals surface area contributed by atoms with Crippen LogP contribution in [-0.4, -0.2) is 24.3 Å². The molecular formula is C19H16ClNO3. The molecule has 1 aromatic heterocycles. The van der Waals surface area contributed by atoms with E-state index in [1.807, 2.05) is 30.4 Å². The van der Waals surface area contributed by atoms with Crippen LogP contribution in [0.1, 0.15) is 11.3 Å². The Kier molecular flexibility index (Phi) is 4.58. The summed E-state index contributed by atoms with van der Waals surface area (Å²) >= 11 is 6.12. The number of ether oxygens (including phenoxy) is 2. The number of rotatable bonds is 4. The molecule has 0 aliphatic heterocycles. The predicted molar refractivity (Wildman–Crippen MR) is 96.9 cm³/mol. The van der Waals surface area contributed by atoms with Crippen molar-refractivity contribution in [1.29, 1.82) is 0 Å². The fourth-order valence-corrected chi connectivity index (χ4v) is 2.71. The Labute approximate surface area is 144 Å². The van der Waals surface area contributed by atoms with E-state index in [-0.39, 0.29) is 5.75 Å². The van der Waals surface area contributed by atoms with Gasteiger partial charge in [0.05, 0.1) is 19.9 Å². The van der Waals surface area contributed by atoms with Crippen molar-refractivity contribution < 1.29 is 14.6 Å². The van der Waals surface area contributed by atoms with Gasteiger partial charge in [-0.2, -0.15) is 0 Å². The molecule has 3 aromatic rings. The minimum Gasteiger partial charge on any atom is -0.506 e. The molecular weight excluding hydrogens is 326 g/mol. The van der Waals surface area contributed by atoms with E-state index in [9.17, 15) is 5.11 Å². The summed E-state index contributed by atoms with van der Waals surface area (Å²) in [5.74, 6) is 1.32. The second-order valence-corrected chi connectivity index (χ2v) is 5.59. The zero-order valence-corrected chi connectivity index (χ0v) is 14.0. The zero-order valence-electron chi connectivity index (χ0n) is 13.3. The minimum atomic E-state index is 0.157. The Hall–Kier alpha value is -2.72. The van der Waals surface area contributed by atoms with Crippen molar-refractivity contribution in [3.8, 4) is 17.2 Å². The van der Waals surface area contributed by atoms with Gasteiger partial charge in [0.15, 0.2) is 11.5 Å². The lowest BCUT2D eigenvalue weighted by Crippen LogP contribution is -1.93. The van der Waals surface area contributed by atoms with Crippen molar-refractivity contribution in [2.24, 2.45) is 0 Å². The number of fused-ring (bicyclic) bond motifs is 1. The van der Waals surface area contributed by atoms with E-state index in [1.165, 1.54) is 0 Å². The molecule has 2 aromatic carbocycles. The van der Waals surface area contributed by atoms with E-state index in [4.69, 9.17) is 21.1 Å². The largest absolute Gasteiger partial charge is 0.506 e. The van der Waals surface area contributed by atoms with Gasteiger partial charge in [-0.1, -0.05) is 29.8 Å². The van der Waals surface area contributed by atoms with Crippen LogP contribution >= 0.6 is 11.6 Å². The first-order valence-electron chi connectivity index (χ1n) is 7.30. The number of aromatic nitrogens is 1. The number of nitrogens with zero attached hydrogens (tertiary/aromatic N) is 1. The number of methoxy groups -OCH3 is 2. The molecule has 3 rings (SSSR count). The van der Waals surface area contributed by atoms with Crippen molar-refractivity contribution in [2.45, 2.75) is 0 Å². The smallest absolute Gasteiger partial charge is 0.168 e. The maximum Gasteiger partial charge on any atom is 0.168 e. The molecule has 24 heavy (non-hydrogen) atoms. The minimum absolute atomic E-state index is 0.157. The number of hydrogen-bond donors (Lipinski definition) is 1. The number of pyridine rings is 1. The molecule has 0 radical (unpaired) electrons. The van der Waals surface area contributed by atoms with Crippen LogP contribution in [0.5, 0.6) is 17.2 Å². The molecule has 4 nitrogen and oxygen atoms in total. The first kappa shape index (κ1) is 16.1. The molecule has 122 valence electrons. The van der Waals surface area contributed by atoms with E-state index >= 15 is 0 Å². The molecule has 0 bridgehead atoms. The number of phenols is 1. The highest BCUT2D eigenvalue weighted by Crippen LogP contribution is 2.35. The van der Waals surface area contributed by atoms with Gasteiger partial charge < -0.3 is 14.6 Å². The van der Waals surface area contributed by atoms with Crippen LogP contribution in [0.2, 0.25) is 5.02 Å². The van der Waals surface area contributed by atoms with Gasteiger partial charge in [-0.3, -0.25) is 0 Å². The number of halogens is 1. The van der Waals surface area contributed by atoms with Crippen LogP contribution in [-0.2, 0) is 0 Å². The summed E-state index contributed by atoms with van der Waals surface area (Å²) in [6.45, 7) is 0. The monoisotopic (exact) mass is 341 g/mol. The Morgan fingerprint density at radius 3 is 2.62 bits per heavy atom. The Morgan fingerprint density at radius 2 is 1.88 bits per heavy atom. The van der Waals surface area contributed by atoms with Crippen molar-refractivity contribution in [2.75, 3.05) is 14.2 Å². The van der Waals surface area contributed by atoms with Crippen molar-refractivity contribution in [1.82, 2.24) is 4.98 Å². The average Bonchev–Trinajstić information content (AvgIpc) is 2.59. The Balaban J connectivity index is 2.02. The fourth-order valence-electron chi connectivity index (χ4n) is 2.50. The maximum atomic E-state index is 9.93. The molecule has 0 fully saturated rings. The highest BCUT2D eigenvalue weighted by Gasteiger charge is 2.10. The van der Waals surface area contributed by atoms with Gasteiger partial charge in [0.1, 0.15) is 11.3 Å². The van der Waals surface area contributed by atoms with Gasteiger partial charge in [0.25, 0.3) is 0 Å². The van der Waals surface area contributed by atoms with E-state index in [0.717, 1.165) is 10.9 Å². The van der Waals surface area contributed by atoms with Gasteiger partial charge in [-0.05, 0) is 30.4 Å². The van der Waals surface area contributed by atoms with Crippen LogP contribution < -0.4 is 9.47 Å². The van der Waals surface area contributed by atoms with Gasteiger partial charge in [0.2, 0.25) is 0 Å². The van der Waals surface area contributed by atoms with Crippen molar-refractivity contribution in [3.05, 3.63) is 58.7 Å². The van der Waals surface area contributed by atoms with Crippen LogP contribution in [0.25, 0.3) is 23.1 Å². The van der Waals surface area contributed by atoms with Crippen LogP contribution in [0.4, 0.5) is 0 Å². The van der Waals surface area contributed by atoms with E-state index < -0.39 is 0 Å². The van der Waals surface area contributed by atoms with Gasteiger partial charge in [0, 0.05) is 22.0 Å². The van der Waals surface area contributed by atoms with Crippen molar-refractivity contribution >= 4 is 34.7 Å². The SMILES string of the molecule is COc1cc(Cl)cc(/C=C/c2ccc3cccc(O)c3n2)c1OC. The predicted octanol–water partition coefficient (Wildman–Crippen LogP) is 4.78. The lowest BCUT2D eigenvalue weighted by atomic mass is 10.1. The standard InChI is InChI=1S/C19H16ClNO3/c1-23-17-11-14(20)10-13(19(17)24-2)7-9-15-8-6-12-4-3-5-16(22)18(12)21-15/h3-11,22H,1-2H3/b9-7+. The highest BCUT2D eigenvalue weighted by atomic mass is 35.5. The molecule has 0 saturated carbocycles. The molecule has 1 heterocycles. The lowest BCUT2D eigenvalue weighted by molar-refractivity contribution is 0.354. The number of benzene rings is 2. The highest BCUT2D eigenvalue weighted by molar-refractivity contribution is 6.31. The number of para-hydroxylation sites is 1. The summed E-state index contributed by atoms with van der Waals surface area (Å²) in [4.78, 5) is 4.47. The Bertz CT molecular complexity index is 922. The summed E-state index contributed by atoms with van der Waals surface area (Å²) in [6.07, 6.45) is 3.68. The second kappa shape index (κ2) is 6.81. The molecule has 0 saturated heterocycles. The third-order valence-electron chi connectivity index (χ3n) is 3.63. The van der Waals surface area contributed by atoms with E-state index in [0.29, 0.717) is 27.7 Å². The maximum absolute atomic E-state index is 9.93. The van der Waals surface area contributed by atoms with Crippen LogP contribution in [0.3, 0.4) is 0 Å². The summed E-state index contributed by atoms with van der Waals surface area (Å²) < 4.78 is 10.7. The summed E-state index contributed by atoms with van der Waals surface area (Å²) in [5.41, 5.74) is 2.06. The number of phenolic OH excluding ortho intramolecular Hbond substituents is 1. The number of hydrogen-bond acceptors (Lipinski definition) is 4. The molecule has 0 aliphatic rings. The second-order valence-electron chi connectivity index (χ2n) is 5.15. The zero-order chi connectivity index (χ0) is 17.1. The van der Waals surface area contributed by atoms with Crippen LogP contribution in [0, 0.1) is 0 Å². The average molecular weight is 342 g/mol. The summed E-state index contributed by atoms with van der Waals surface area (Å²) in [6, 6.07) is 12.6. The molecule has 0 unspecified atom stereocenters. The van der Waals surface area contributed by atoms with Gasteiger partial charge in [-0.25, -0.2) is 4.98 Å². The molecule has 5 heteroatoms. The van der Waals surface area contributed by atoms with Crippen molar-refractivity contribution in [3.63, 3.8) is 0 Å². The molecule has 1 N–H and O–H groups in total. The third-order valence-corrected chi connectivity index (χ3v) is 3.84. The molecule has 0 aliphatic carbocycles. The molecule has 0 spiro atoms. The van der Waals surface area contributed by atoms with Gasteiger partial charge in [-0.15, -0.1) is 0 Å². The van der Waals surface area contributed by atoms with E-state index in [2.05, 4.69) is 4.98 Å². The first-order valence-corrected chi connectivity index (χ1v) is 7.68. The Morgan fingerprint density at radius 1 is 1.04 bits per heavy atom. The molecule has 0 atom stereocenters. The first-order chi connectivity index (χ1) is 11.6. The lowest BCUT2D eigenvalue weighted by Gasteiger charge is -2.11. The van der Waals surface area contributed by atoms with Crippen LogP contribution in [0.15, 0.2) is 42.5 Å². The molecule has 0 amide bonds. The fraction of sp³-hybridized carbons (Fsp3) is 0.105. The quantitative estimate of drug-likeness (QED) is 0.741. The normalized spacial score (nSPS) is 11.1. The third kappa shape index (κ3) is 3.14. The number of aromatic hydroxyl groups is 1. The van der Waals surface area contributed by atoms with E-state index in [1.54, 1.807) is 38.5 Å².